The lowest BCUT2D eigenvalue weighted by atomic mass is 10.1. The van der Waals surface area contributed by atoms with Gasteiger partial charge >= 0.3 is 6.18 Å². The molecule has 5 nitrogen and oxygen atoms in total. The Labute approximate surface area is 127 Å². The predicted molar refractivity (Wildman–Crippen MR) is 74.3 cm³/mol. The molecule has 9 heteroatoms. The molecule has 0 aliphatic carbocycles. The Bertz CT molecular complexity index is 797. The molecule has 0 saturated heterocycles. The molecule has 0 unspecified atom stereocenters. The zero-order chi connectivity index (χ0) is 16.4. The second-order valence-electron chi connectivity index (χ2n) is 4.60. The van der Waals surface area contributed by atoms with Crippen LogP contribution in [0.15, 0.2) is 42.5 Å². The van der Waals surface area contributed by atoms with Gasteiger partial charge in [-0.05, 0) is 41.6 Å². The van der Waals surface area contributed by atoms with Crippen LogP contribution in [0.1, 0.15) is 5.56 Å². The summed E-state index contributed by atoms with van der Waals surface area (Å²) in [5, 5.41) is 15.9. The molecule has 0 spiro atoms. The number of alkyl halides is 3. The number of nitrogens with one attached hydrogen (secondary N) is 2. The van der Waals surface area contributed by atoms with Crippen LogP contribution in [0.3, 0.4) is 0 Å². The third kappa shape index (κ3) is 3.12. The van der Waals surface area contributed by atoms with Gasteiger partial charge in [0, 0.05) is 5.69 Å². The minimum atomic E-state index is -4.41. The molecular formula is C14H9F4N5. The zero-order valence-electron chi connectivity index (χ0n) is 11.4. The highest BCUT2D eigenvalue weighted by Crippen LogP contribution is 2.32. The molecule has 0 atom stereocenters. The van der Waals surface area contributed by atoms with E-state index in [0.717, 1.165) is 12.1 Å². The average Bonchev–Trinajstić information content (AvgIpc) is 3.01. The van der Waals surface area contributed by atoms with Crippen molar-refractivity contribution in [3.05, 3.63) is 53.8 Å². The number of benzene rings is 2. The molecule has 0 aliphatic heterocycles. The molecule has 0 amide bonds. The van der Waals surface area contributed by atoms with Crippen molar-refractivity contribution in [2.75, 3.05) is 5.32 Å². The molecule has 0 fully saturated rings. The molecular weight excluding hydrogens is 314 g/mol. The summed E-state index contributed by atoms with van der Waals surface area (Å²) in [5.41, 5.74) is -0.0127. The van der Waals surface area contributed by atoms with Crippen LogP contribution in [0, 0.1) is 5.82 Å². The molecule has 2 N–H and O–H groups in total. The lowest BCUT2D eigenvalue weighted by Gasteiger charge is -2.12. The standard InChI is InChI=1S/C14H9F4N5/c15-10-2-1-3-11(12(10)13-20-22-23-21-13)19-9-6-4-8(5-7-9)14(16,17)18/h1-7,19H,(H,20,21,22,23). The summed E-state index contributed by atoms with van der Waals surface area (Å²) >= 11 is 0. The third-order valence-corrected chi connectivity index (χ3v) is 3.07. The molecule has 3 aromatic rings. The van der Waals surface area contributed by atoms with E-state index < -0.39 is 17.6 Å². The van der Waals surface area contributed by atoms with Crippen molar-refractivity contribution in [1.29, 1.82) is 0 Å². The van der Waals surface area contributed by atoms with Gasteiger partial charge in [-0.3, -0.25) is 0 Å². The Balaban J connectivity index is 1.93. The topological polar surface area (TPSA) is 66.5 Å². The Hall–Kier alpha value is -2.97. The van der Waals surface area contributed by atoms with Crippen LogP contribution in [0.25, 0.3) is 11.4 Å². The molecule has 3 rings (SSSR count). The maximum atomic E-state index is 14.0. The largest absolute Gasteiger partial charge is 0.416 e. The number of anilines is 2. The van der Waals surface area contributed by atoms with Crippen molar-refractivity contribution >= 4 is 11.4 Å². The van der Waals surface area contributed by atoms with Gasteiger partial charge in [-0.1, -0.05) is 6.07 Å². The van der Waals surface area contributed by atoms with Crippen LogP contribution in [0.5, 0.6) is 0 Å². The van der Waals surface area contributed by atoms with Crippen molar-refractivity contribution in [3.63, 3.8) is 0 Å². The van der Waals surface area contributed by atoms with Crippen LogP contribution in [-0.2, 0) is 6.18 Å². The van der Waals surface area contributed by atoms with Gasteiger partial charge in [0.1, 0.15) is 5.82 Å². The van der Waals surface area contributed by atoms with Crippen molar-refractivity contribution in [3.8, 4) is 11.4 Å². The van der Waals surface area contributed by atoms with Crippen LogP contribution >= 0.6 is 0 Å². The van der Waals surface area contributed by atoms with Gasteiger partial charge in [-0.15, -0.1) is 10.2 Å². The van der Waals surface area contributed by atoms with Gasteiger partial charge in [-0.25, -0.2) is 4.39 Å². The van der Waals surface area contributed by atoms with Gasteiger partial charge < -0.3 is 5.32 Å². The fourth-order valence-electron chi connectivity index (χ4n) is 2.02. The number of hydrogen-bond acceptors (Lipinski definition) is 4. The molecule has 0 bridgehead atoms. The van der Waals surface area contributed by atoms with Gasteiger partial charge in [0.25, 0.3) is 0 Å². The van der Waals surface area contributed by atoms with E-state index in [-0.39, 0.29) is 11.4 Å². The van der Waals surface area contributed by atoms with E-state index >= 15 is 0 Å². The molecule has 0 aliphatic rings. The Morgan fingerprint density at radius 3 is 2.35 bits per heavy atom. The van der Waals surface area contributed by atoms with E-state index in [1.165, 1.54) is 24.3 Å². The summed E-state index contributed by atoms with van der Waals surface area (Å²) in [4.78, 5) is 0. The van der Waals surface area contributed by atoms with Crippen LogP contribution in [-0.4, -0.2) is 20.6 Å². The van der Waals surface area contributed by atoms with Gasteiger partial charge in [0.15, 0.2) is 0 Å². The minimum Gasteiger partial charge on any atom is -0.355 e. The van der Waals surface area contributed by atoms with E-state index in [4.69, 9.17) is 0 Å². The first-order valence-electron chi connectivity index (χ1n) is 6.42. The summed E-state index contributed by atoms with van der Waals surface area (Å²) in [7, 11) is 0. The number of H-pyrrole nitrogens is 1. The number of aromatic nitrogens is 4. The van der Waals surface area contributed by atoms with E-state index in [1.54, 1.807) is 6.07 Å². The van der Waals surface area contributed by atoms with Crippen LogP contribution in [0.4, 0.5) is 28.9 Å². The zero-order valence-corrected chi connectivity index (χ0v) is 11.4. The van der Waals surface area contributed by atoms with E-state index in [1.807, 2.05) is 0 Å². The Kier molecular flexibility index (Phi) is 3.68. The highest BCUT2D eigenvalue weighted by atomic mass is 19.4. The molecule has 0 saturated carbocycles. The molecule has 1 heterocycles. The molecule has 118 valence electrons. The number of nitrogens with zero attached hydrogens (tertiary/aromatic N) is 3. The SMILES string of the molecule is Fc1cccc(Nc2ccc(C(F)(F)F)cc2)c1-c1nn[nH]n1. The Morgan fingerprint density at radius 1 is 1.00 bits per heavy atom. The first-order chi connectivity index (χ1) is 10.9. The number of aromatic amines is 1. The van der Waals surface area contributed by atoms with Crippen molar-refractivity contribution < 1.29 is 17.6 Å². The van der Waals surface area contributed by atoms with E-state index in [2.05, 4.69) is 25.9 Å². The quantitative estimate of drug-likeness (QED) is 0.720. The average molecular weight is 323 g/mol. The molecule has 0 radical (unpaired) electrons. The highest BCUT2D eigenvalue weighted by Gasteiger charge is 2.30. The second kappa shape index (κ2) is 5.67. The van der Waals surface area contributed by atoms with Gasteiger partial charge in [0.2, 0.25) is 5.82 Å². The number of tetrazole rings is 1. The molecule has 2 aromatic carbocycles. The fourth-order valence-corrected chi connectivity index (χ4v) is 2.02. The lowest BCUT2D eigenvalue weighted by Crippen LogP contribution is -2.04. The van der Waals surface area contributed by atoms with E-state index in [0.29, 0.717) is 11.4 Å². The maximum absolute atomic E-state index is 14.0. The van der Waals surface area contributed by atoms with Crippen molar-refractivity contribution in [2.45, 2.75) is 6.18 Å². The van der Waals surface area contributed by atoms with Crippen molar-refractivity contribution in [1.82, 2.24) is 20.6 Å². The smallest absolute Gasteiger partial charge is 0.355 e. The Morgan fingerprint density at radius 2 is 1.74 bits per heavy atom. The summed E-state index contributed by atoms with van der Waals surface area (Å²) < 4.78 is 51.7. The molecule has 23 heavy (non-hydrogen) atoms. The van der Waals surface area contributed by atoms with Gasteiger partial charge in [0.05, 0.1) is 16.8 Å². The first kappa shape index (κ1) is 14.9. The predicted octanol–water partition coefficient (Wildman–Crippen LogP) is 3.77. The summed E-state index contributed by atoms with van der Waals surface area (Å²) in [6, 6.07) is 8.65. The monoisotopic (exact) mass is 323 g/mol. The van der Waals surface area contributed by atoms with Crippen LogP contribution in [0.2, 0.25) is 0 Å². The number of rotatable bonds is 3. The normalized spacial score (nSPS) is 11.5. The summed E-state index contributed by atoms with van der Waals surface area (Å²) in [5.74, 6) is -0.541. The lowest BCUT2D eigenvalue weighted by molar-refractivity contribution is -0.137. The summed E-state index contributed by atoms with van der Waals surface area (Å²) in [6.07, 6.45) is -4.41. The highest BCUT2D eigenvalue weighted by molar-refractivity contribution is 5.77. The maximum Gasteiger partial charge on any atom is 0.416 e. The van der Waals surface area contributed by atoms with Crippen LogP contribution < -0.4 is 5.32 Å². The number of halogens is 4. The number of hydrogen-bond donors (Lipinski definition) is 2. The molecule has 1 aromatic heterocycles. The third-order valence-electron chi connectivity index (χ3n) is 3.07. The van der Waals surface area contributed by atoms with Crippen molar-refractivity contribution in [2.24, 2.45) is 0 Å². The summed E-state index contributed by atoms with van der Waals surface area (Å²) in [6.45, 7) is 0. The first-order valence-corrected chi connectivity index (χ1v) is 6.42. The van der Waals surface area contributed by atoms with E-state index in [9.17, 15) is 17.6 Å². The van der Waals surface area contributed by atoms with Gasteiger partial charge in [-0.2, -0.15) is 18.4 Å². The fraction of sp³-hybridized carbons (Fsp3) is 0.0714. The second-order valence-corrected chi connectivity index (χ2v) is 4.60. The minimum absolute atomic E-state index is 0.0394.